The molecular formula is C25H25Cl2NO4S. The smallest absolute Gasteiger partial charge is 0.340 e. The van der Waals surface area contributed by atoms with Crippen LogP contribution >= 0.6 is 23.2 Å². The van der Waals surface area contributed by atoms with Crippen LogP contribution in [0.5, 0.6) is 5.75 Å². The maximum atomic E-state index is 13.1. The molecule has 0 N–H and O–H groups in total. The second-order valence-electron chi connectivity index (χ2n) is 8.13. The van der Waals surface area contributed by atoms with Gasteiger partial charge in [-0.25, -0.2) is 0 Å². The lowest BCUT2D eigenvalue weighted by Crippen LogP contribution is -2.33. The summed E-state index contributed by atoms with van der Waals surface area (Å²) in [4.78, 5) is 14.8. The van der Waals surface area contributed by atoms with Crippen LogP contribution in [0.2, 0.25) is 10.0 Å². The molecule has 174 valence electrons. The van der Waals surface area contributed by atoms with E-state index < -0.39 is 10.1 Å². The van der Waals surface area contributed by atoms with E-state index in [9.17, 15) is 13.2 Å². The Labute approximate surface area is 205 Å². The van der Waals surface area contributed by atoms with Crippen LogP contribution in [0, 0.1) is 12.8 Å². The molecule has 0 saturated carbocycles. The van der Waals surface area contributed by atoms with Gasteiger partial charge in [-0.15, -0.1) is 0 Å². The summed E-state index contributed by atoms with van der Waals surface area (Å²) in [5.74, 6) is 0.250. The third-order valence-corrected chi connectivity index (χ3v) is 7.10. The first kappa shape index (κ1) is 25.1. The second kappa shape index (κ2) is 10.6. The number of nitrogens with zero attached hydrogens (tertiary/aromatic N) is 1. The summed E-state index contributed by atoms with van der Waals surface area (Å²) in [6, 6.07) is 18.4. The highest BCUT2D eigenvalue weighted by Gasteiger charge is 2.23. The van der Waals surface area contributed by atoms with Gasteiger partial charge in [0.2, 0.25) is 0 Å². The van der Waals surface area contributed by atoms with Gasteiger partial charge in [0, 0.05) is 13.1 Å². The summed E-state index contributed by atoms with van der Waals surface area (Å²) in [6.45, 7) is 6.61. The number of halogens is 2. The molecule has 0 aromatic heterocycles. The van der Waals surface area contributed by atoms with Crippen molar-refractivity contribution < 1.29 is 17.4 Å². The van der Waals surface area contributed by atoms with Crippen LogP contribution in [0.4, 0.5) is 0 Å². The normalized spacial score (nSPS) is 11.5. The predicted octanol–water partition coefficient (Wildman–Crippen LogP) is 6.37. The quantitative estimate of drug-likeness (QED) is 0.333. The van der Waals surface area contributed by atoms with E-state index in [1.807, 2.05) is 13.8 Å². The Bertz CT molecular complexity index is 1220. The first-order valence-electron chi connectivity index (χ1n) is 10.4. The molecule has 3 aromatic rings. The van der Waals surface area contributed by atoms with Crippen LogP contribution in [-0.4, -0.2) is 25.8 Å². The van der Waals surface area contributed by atoms with Crippen molar-refractivity contribution in [2.75, 3.05) is 6.54 Å². The average Bonchev–Trinajstić information content (AvgIpc) is 2.73. The molecule has 3 rings (SSSR count). The lowest BCUT2D eigenvalue weighted by molar-refractivity contribution is 0.0723. The van der Waals surface area contributed by atoms with E-state index in [2.05, 4.69) is 0 Å². The van der Waals surface area contributed by atoms with Crippen LogP contribution in [0.15, 0.2) is 71.6 Å². The van der Waals surface area contributed by atoms with Crippen molar-refractivity contribution in [3.63, 3.8) is 0 Å². The van der Waals surface area contributed by atoms with Crippen LogP contribution in [0.25, 0.3) is 0 Å². The van der Waals surface area contributed by atoms with E-state index in [1.165, 1.54) is 6.07 Å². The summed E-state index contributed by atoms with van der Waals surface area (Å²) >= 11 is 12.3. The zero-order chi connectivity index (χ0) is 24.2. The van der Waals surface area contributed by atoms with E-state index in [1.54, 1.807) is 72.5 Å². The zero-order valence-electron chi connectivity index (χ0n) is 18.6. The van der Waals surface area contributed by atoms with Crippen molar-refractivity contribution in [3.05, 3.63) is 93.5 Å². The van der Waals surface area contributed by atoms with Gasteiger partial charge in [-0.1, -0.05) is 73.4 Å². The fourth-order valence-electron chi connectivity index (χ4n) is 3.44. The van der Waals surface area contributed by atoms with Crippen LogP contribution < -0.4 is 4.18 Å². The highest BCUT2D eigenvalue weighted by atomic mass is 35.5. The Kier molecular flexibility index (Phi) is 8.05. The molecule has 0 atom stereocenters. The average molecular weight is 506 g/mol. The standard InChI is InChI=1S/C25H25Cl2NO4S/c1-17(2)15-28(25(29)21-8-4-5-9-22(21)26)16-19-11-13-20(14-12-19)32-33(30,31)24-18(3)7-6-10-23(24)27/h4-14,17H,15-16H2,1-3H3. The minimum absolute atomic E-state index is 0.0517. The fraction of sp³-hybridized carbons (Fsp3) is 0.240. The second-order valence-corrected chi connectivity index (χ2v) is 10.4. The van der Waals surface area contributed by atoms with Crippen LogP contribution in [0.1, 0.15) is 35.3 Å². The van der Waals surface area contributed by atoms with Gasteiger partial charge in [-0.05, 0) is 54.3 Å². The number of rotatable bonds is 8. The predicted molar refractivity (Wildman–Crippen MR) is 131 cm³/mol. The van der Waals surface area contributed by atoms with E-state index in [0.717, 1.165) is 5.56 Å². The number of amides is 1. The fourth-order valence-corrected chi connectivity index (χ4v) is 5.38. The van der Waals surface area contributed by atoms with Crippen molar-refractivity contribution >= 4 is 39.2 Å². The lowest BCUT2D eigenvalue weighted by Gasteiger charge is -2.25. The Morgan fingerprint density at radius 1 is 0.939 bits per heavy atom. The molecule has 0 spiro atoms. The zero-order valence-corrected chi connectivity index (χ0v) is 20.9. The molecule has 0 radical (unpaired) electrons. The molecule has 3 aromatic carbocycles. The number of benzene rings is 3. The molecule has 8 heteroatoms. The number of hydrogen-bond donors (Lipinski definition) is 0. The highest BCUT2D eigenvalue weighted by Crippen LogP contribution is 2.28. The number of carbonyl (C=O) groups is 1. The van der Waals surface area contributed by atoms with E-state index in [0.29, 0.717) is 29.2 Å². The Hall–Kier alpha value is -2.54. The lowest BCUT2D eigenvalue weighted by atomic mass is 10.1. The minimum Gasteiger partial charge on any atom is -0.379 e. The minimum atomic E-state index is -4.09. The Morgan fingerprint density at radius 2 is 1.58 bits per heavy atom. The summed E-state index contributed by atoms with van der Waals surface area (Å²) < 4.78 is 30.8. The summed E-state index contributed by atoms with van der Waals surface area (Å²) in [6.07, 6.45) is 0. The summed E-state index contributed by atoms with van der Waals surface area (Å²) in [7, 11) is -4.09. The van der Waals surface area contributed by atoms with Gasteiger partial charge in [0.1, 0.15) is 10.6 Å². The summed E-state index contributed by atoms with van der Waals surface area (Å²) in [5, 5.41) is 0.508. The van der Waals surface area contributed by atoms with Gasteiger partial charge in [0.25, 0.3) is 5.91 Å². The molecule has 0 aliphatic heterocycles. The van der Waals surface area contributed by atoms with E-state index in [-0.39, 0.29) is 27.5 Å². The molecule has 33 heavy (non-hydrogen) atoms. The van der Waals surface area contributed by atoms with Gasteiger partial charge in [-0.3, -0.25) is 4.79 Å². The molecule has 0 heterocycles. The largest absolute Gasteiger partial charge is 0.379 e. The molecule has 0 fully saturated rings. The molecule has 0 bridgehead atoms. The Balaban J connectivity index is 1.79. The van der Waals surface area contributed by atoms with Crippen molar-refractivity contribution in [2.45, 2.75) is 32.2 Å². The van der Waals surface area contributed by atoms with Crippen molar-refractivity contribution in [2.24, 2.45) is 5.92 Å². The maximum absolute atomic E-state index is 13.1. The highest BCUT2D eigenvalue weighted by molar-refractivity contribution is 7.87. The van der Waals surface area contributed by atoms with Gasteiger partial charge in [0.05, 0.1) is 15.6 Å². The number of hydrogen-bond acceptors (Lipinski definition) is 4. The number of aryl methyl sites for hydroxylation is 1. The third kappa shape index (κ3) is 6.28. The van der Waals surface area contributed by atoms with Crippen molar-refractivity contribution in [1.29, 1.82) is 0 Å². The molecule has 0 saturated heterocycles. The van der Waals surface area contributed by atoms with Gasteiger partial charge < -0.3 is 9.08 Å². The first-order chi connectivity index (χ1) is 15.6. The molecule has 5 nitrogen and oxygen atoms in total. The van der Waals surface area contributed by atoms with Gasteiger partial charge >= 0.3 is 10.1 Å². The SMILES string of the molecule is Cc1cccc(Cl)c1S(=O)(=O)Oc1ccc(CN(CC(C)C)C(=O)c2ccccc2Cl)cc1. The van der Waals surface area contributed by atoms with E-state index in [4.69, 9.17) is 27.4 Å². The van der Waals surface area contributed by atoms with Gasteiger partial charge in [0.15, 0.2) is 0 Å². The number of carbonyl (C=O) groups excluding carboxylic acids is 1. The van der Waals surface area contributed by atoms with E-state index >= 15 is 0 Å². The van der Waals surface area contributed by atoms with Crippen LogP contribution in [0.3, 0.4) is 0 Å². The molecular weight excluding hydrogens is 481 g/mol. The molecule has 1 amide bonds. The first-order valence-corrected chi connectivity index (χ1v) is 12.6. The van der Waals surface area contributed by atoms with Gasteiger partial charge in [-0.2, -0.15) is 8.42 Å². The summed E-state index contributed by atoms with van der Waals surface area (Å²) in [5.41, 5.74) is 1.78. The van der Waals surface area contributed by atoms with Crippen LogP contribution in [-0.2, 0) is 16.7 Å². The topological polar surface area (TPSA) is 63.7 Å². The Morgan fingerprint density at radius 3 is 2.18 bits per heavy atom. The molecule has 0 unspecified atom stereocenters. The molecule has 0 aliphatic carbocycles. The third-order valence-electron chi connectivity index (χ3n) is 4.89. The van der Waals surface area contributed by atoms with Crippen molar-refractivity contribution in [3.8, 4) is 5.75 Å². The maximum Gasteiger partial charge on any atom is 0.340 e. The molecule has 0 aliphatic rings. The monoisotopic (exact) mass is 505 g/mol. The van der Waals surface area contributed by atoms with Crippen molar-refractivity contribution in [1.82, 2.24) is 4.90 Å².